The maximum Gasteiger partial charge on any atom is 0.271 e. The normalized spacial score (nSPS) is 11.0. The number of ether oxygens (including phenoxy) is 1. The van der Waals surface area contributed by atoms with Gasteiger partial charge in [0.1, 0.15) is 12.3 Å². The zero-order chi connectivity index (χ0) is 24.0. The lowest BCUT2D eigenvalue weighted by Gasteiger charge is -2.26. The van der Waals surface area contributed by atoms with E-state index >= 15 is 0 Å². The third kappa shape index (κ3) is 5.47. The lowest BCUT2D eigenvalue weighted by molar-refractivity contribution is -0.384. The van der Waals surface area contributed by atoms with E-state index in [1.54, 1.807) is 56.3 Å². The molecule has 9 nitrogen and oxygen atoms in total. The first-order chi connectivity index (χ1) is 15.7. The number of anilines is 2. The molecule has 0 bridgehead atoms. The molecular formula is C23H23N3O6S. The van der Waals surface area contributed by atoms with Gasteiger partial charge in [-0.1, -0.05) is 36.4 Å². The van der Waals surface area contributed by atoms with Crippen molar-refractivity contribution in [2.45, 2.75) is 18.7 Å². The van der Waals surface area contributed by atoms with Gasteiger partial charge in [0.15, 0.2) is 0 Å². The van der Waals surface area contributed by atoms with Crippen LogP contribution in [0.2, 0.25) is 0 Å². The van der Waals surface area contributed by atoms with E-state index in [1.807, 2.05) is 0 Å². The maximum absolute atomic E-state index is 13.5. The Morgan fingerprint density at radius 2 is 1.73 bits per heavy atom. The fraction of sp³-hybridized carbons (Fsp3) is 0.174. The Morgan fingerprint density at radius 3 is 2.39 bits per heavy atom. The number of non-ortho nitro benzene ring substituents is 1. The van der Waals surface area contributed by atoms with Crippen molar-refractivity contribution in [1.82, 2.24) is 0 Å². The van der Waals surface area contributed by atoms with Crippen molar-refractivity contribution >= 4 is 33.0 Å². The van der Waals surface area contributed by atoms with Crippen molar-refractivity contribution in [3.63, 3.8) is 0 Å². The number of aryl methyl sites for hydroxylation is 1. The Hall–Kier alpha value is -3.92. The van der Waals surface area contributed by atoms with Crippen LogP contribution in [-0.4, -0.2) is 32.4 Å². The summed E-state index contributed by atoms with van der Waals surface area (Å²) < 4.78 is 33.5. The smallest absolute Gasteiger partial charge is 0.271 e. The van der Waals surface area contributed by atoms with Gasteiger partial charge in [-0.05, 0) is 43.7 Å². The van der Waals surface area contributed by atoms with Crippen LogP contribution in [0.4, 0.5) is 17.1 Å². The van der Waals surface area contributed by atoms with Gasteiger partial charge in [0, 0.05) is 12.1 Å². The molecule has 0 fully saturated rings. The second-order valence-corrected chi connectivity index (χ2v) is 8.89. The summed E-state index contributed by atoms with van der Waals surface area (Å²) in [5, 5.41) is 13.7. The van der Waals surface area contributed by atoms with Gasteiger partial charge in [0.25, 0.3) is 15.7 Å². The minimum Gasteiger partial charge on any atom is -0.492 e. The Kier molecular flexibility index (Phi) is 7.29. The van der Waals surface area contributed by atoms with Crippen LogP contribution in [0.5, 0.6) is 5.75 Å². The molecule has 1 amide bonds. The number of benzene rings is 3. The summed E-state index contributed by atoms with van der Waals surface area (Å²) in [6, 6.07) is 18.3. The molecule has 0 aromatic heterocycles. The molecule has 33 heavy (non-hydrogen) atoms. The maximum atomic E-state index is 13.5. The molecule has 3 aromatic carbocycles. The summed E-state index contributed by atoms with van der Waals surface area (Å²) in [7, 11) is -4.13. The molecule has 3 aromatic rings. The molecule has 172 valence electrons. The van der Waals surface area contributed by atoms with Crippen LogP contribution in [0.25, 0.3) is 0 Å². The molecule has 1 N–H and O–H groups in total. The van der Waals surface area contributed by atoms with E-state index in [-0.39, 0.29) is 22.0 Å². The highest BCUT2D eigenvalue weighted by molar-refractivity contribution is 7.92. The third-order valence-electron chi connectivity index (χ3n) is 4.76. The zero-order valence-electron chi connectivity index (χ0n) is 18.1. The lowest BCUT2D eigenvalue weighted by atomic mass is 10.2. The number of nitro benzene ring substituents is 1. The number of amides is 1. The topological polar surface area (TPSA) is 119 Å². The van der Waals surface area contributed by atoms with Crippen LogP contribution in [0.3, 0.4) is 0 Å². The average molecular weight is 470 g/mol. The molecule has 0 aliphatic rings. The van der Waals surface area contributed by atoms with Crippen LogP contribution >= 0.6 is 0 Å². The van der Waals surface area contributed by atoms with Gasteiger partial charge >= 0.3 is 0 Å². The molecular weight excluding hydrogens is 446 g/mol. The predicted octanol–water partition coefficient (Wildman–Crippen LogP) is 4.14. The molecule has 0 radical (unpaired) electrons. The third-order valence-corrected chi connectivity index (χ3v) is 6.53. The number of nitro groups is 1. The number of nitrogens with zero attached hydrogens (tertiary/aromatic N) is 2. The van der Waals surface area contributed by atoms with Crippen molar-refractivity contribution < 1.29 is 22.9 Å². The number of rotatable bonds is 9. The fourth-order valence-electron chi connectivity index (χ4n) is 3.14. The largest absolute Gasteiger partial charge is 0.492 e. The van der Waals surface area contributed by atoms with Gasteiger partial charge in [-0.25, -0.2) is 8.42 Å². The first-order valence-electron chi connectivity index (χ1n) is 10.1. The van der Waals surface area contributed by atoms with E-state index in [0.29, 0.717) is 17.9 Å². The number of carbonyl (C=O) groups excluding carboxylic acids is 1. The van der Waals surface area contributed by atoms with E-state index in [2.05, 4.69) is 5.32 Å². The molecule has 0 heterocycles. The Bertz CT molecular complexity index is 1260. The molecule has 0 aliphatic carbocycles. The Balaban J connectivity index is 2.00. The van der Waals surface area contributed by atoms with Gasteiger partial charge in [-0.15, -0.1) is 0 Å². The quantitative estimate of drug-likeness (QED) is 0.372. The number of hydrogen-bond donors (Lipinski definition) is 1. The first kappa shape index (κ1) is 23.7. The summed E-state index contributed by atoms with van der Waals surface area (Å²) >= 11 is 0. The molecule has 0 spiro atoms. The minimum atomic E-state index is -4.13. The summed E-state index contributed by atoms with van der Waals surface area (Å²) in [4.78, 5) is 23.5. The van der Waals surface area contributed by atoms with Crippen molar-refractivity contribution in [2.24, 2.45) is 0 Å². The van der Waals surface area contributed by atoms with Crippen molar-refractivity contribution in [2.75, 3.05) is 22.8 Å². The highest BCUT2D eigenvalue weighted by Gasteiger charge is 2.29. The molecule has 3 rings (SSSR count). The molecule has 0 unspecified atom stereocenters. The lowest BCUT2D eigenvalue weighted by Crippen LogP contribution is -2.38. The van der Waals surface area contributed by atoms with Gasteiger partial charge in [-0.2, -0.15) is 0 Å². The van der Waals surface area contributed by atoms with Gasteiger partial charge in [0.05, 0.1) is 27.8 Å². The van der Waals surface area contributed by atoms with Crippen LogP contribution in [0.1, 0.15) is 12.5 Å². The Labute approximate surface area is 191 Å². The standard InChI is InChI=1S/C23H23N3O6S/c1-3-32-22-12-8-7-11-21(22)25(33(30,31)19-9-5-4-6-10-19)16-23(27)24-20-15-18(26(28)29)14-13-17(20)2/h4-15H,3,16H2,1-2H3,(H,24,27). The van der Waals surface area contributed by atoms with E-state index < -0.39 is 27.4 Å². The van der Waals surface area contributed by atoms with Gasteiger partial charge < -0.3 is 10.1 Å². The second-order valence-electron chi connectivity index (χ2n) is 7.03. The number of para-hydroxylation sites is 2. The SMILES string of the molecule is CCOc1ccccc1N(CC(=O)Nc1cc([N+](=O)[O-])ccc1C)S(=O)(=O)c1ccccc1. The summed E-state index contributed by atoms with van der Waals surface area (Å²) in [6.45, 7) is 3.19. The minimum absolute atomic E-state index is 0.00984. The van der Waals surface area contributed by atoms with E-state index in [1.165, 1.54) is 30.3 Å². The van der Waals surface area contributed by atoms with Crippen molar-refractivity contribution in [3.8, 4) is 5.75 Å². The molecule has 0 aliphatic heterocycles. The van der Waals surface area contributed by atoms with Crippen LogP contribution in [0.15, 0.2) is 77.7 Å². The highest BCUT2D eigenvalue weighted by Crippen LogP contribution is 2.32. The summed E-state index contributed by atoms with van der Waals surface area (Å²) in [5.74, 6) is -0.358. The number of nitrogens with one attached hydrogen (secondary N) is 1. The van der Waals surface area contributed by atoms with E-state index in [9.17, 15) is 23.3 Å². The van der Waals surface area contributed by atoms with Crippen LogP contribution < -0.4 is 14.4 Å². The highest BCUT2D eigenvalue weighted by atomic mass is 32.2. The zero-order valence-corrected chi connectivity index (χ0v) is 18.9. The van der Waals surface area contributed by atoms with Gasteiger partial charge in [-0.3, -0.25) is 19.2 Å². The monoisotopic (exact) mass is 469 g/mol. The number of hydrogen-bond acceptors (Lipinski definition) is 6. The van der Waals surface area contributed by atoms with Gasteiger partial charge in [0.2, 0.25) is 5.91 Å². The fourth-order valence-corrected chi connectivity index (χ4v) is 4.59. The number of carbonyl (C=O) groups is 1. The average Bonchev–Trinajstić information content (AvgIpc) is 2.80. The second kappa shape index (κ2) is 10.1. The Morgan fingerprint density at radius 1 is 1.06 bits per heavy atom. The van der Waals surface area contributed by atoms with Crippen LogP contribution in [0, 0.1) is 17.0 Å². The first-order valence-corrected chi connectivity index (χ1v) is 11.5. The predicted molar refractivity (Wildman–Crippen MR) is 125 cm³/mol. The molecule has 0 saturated heterocycles. The molecule has 10 heteroatoms. The van der Waals surface area contributed by atoms with E-state index in [4.69, 9.17) is 4.74 Å². The molecule has 0 atom stereocenters. The van der Waals surface area contributed by atoms with E-state index in [0.717, 1.165) is 4.31 Å². The van der Waals surface area contributed by atoms with Crippen molar-refractivity contribution in [1.29, 1.82) is 0 Å². The summed E-state index contributed by atoms with van der Waals surface area (Å²) in [6.07, 6.45) is 0. The number of sulfonamides is 1. The van der Waals surface area contributed by atoms with Crippen LogP contribution in [-0.2, 0) is 14.8 Å². The summed E-state index contributed by atoms with van der Waals surface area (Å²) in [5.41, 5.74) is 0.839. The molecule has 0 saturated carbocycles. The van der Waals surface area contributed by atoms with Crippen molar-refractivity contribution in [3.05, 3.63) is 88.5 Å².